The molecule has 0 aromatic rings. The summed E-state index contributed by atoms with van der Waals surface area (Å²) in [6.45, 7) is 2.50. The number of aliphatic hydroxyl groups excluding tert-OH is 1. The fourth-order valence-electron chi connectivity index (χ4n) is 2.07. The highest BCUT2D eigenvalue weighted by molar-refractivity contribution is 8.21. The minimum Gasteiger partial charge on any atom is -0.396 e. The molecule has 0 radical (unpaired) electrons. The van der Waals surface area contributed by atoms with Gasteiger partial charge in [0, 0.05) is 24.0 Å². The van der Waals surface area contributed by atoms with Gasteiger partial charge in [-0.25, -0.2) is 0 Å². The molecule has 74 valence electrons. The average molecular weight is 216 g/mol. The third kappa shape index (κ3) is 1.92. The molecule has 0 aromatic carbocycles. The van der Waals surface area contributed by atoms with E-state index in [0.29, 0.717) is 16.6 Å². The van der Waals surface area contributed by atoms with Crippen molar-refractivity contribution >= 4 is 23.5 Å². The van der Waals surface area contributed by atoms with Gasteiger partial charge in [0.15, 0.2) is 0 Å². The van der Waals surface area contributed by atoms with Crippen molar-refractivity contribution in [2.24, 2.45) is 5.92 Å². The molecule has 0 amide bonds. The van der Waals surface area contributed by atoms with E-state index in [2.05, 4.69) is 36.5 Å². The highest BCUT2D eigenvalue weighted by Gasteiger charge is 2.37. The molecular weight excluding hydrogens is 200 g/mol. The van der Waals surface area contributed by atoms with Gasteiger partial charge in [-0.2, -0.15) is 0 Å². The van der Waals surface area contributed by atoms with E-state index in [1.54, 1.807) is 0 Å². The van der Waals surface area contributed by atoms with Crippen molar-refractivity contribution in [3.05, 3.63) is 11.6 Å². The van der Waals surface area contributed by atoms with E-state index in [-0.39, 0.29) is 0 Å². The predicted octanol–water partition coefficient (Wildman–Crippen LogP) is 2.51. The Balaban J connectivity index is 2.14. The molecule has 2 rings (SSSR count). The topological polar surface area (TPSA) is 20.2 Å². The molecule has 2 aliphatic rings. The van der Waals surface area contributed by atoms with Crippen molar-refractivity contribution in [2.75, 3.05) is 18.1 Å². The first kappa shape index (κ1) is 9.94. The first-order valence-electron chi connectivity index (χ1n) is 4.84. The van der Waals surface area contributed by atoms with Gasteiger partial charge in [-0.15, -0.1) is 23.5 Å². The van der Waals surface area contributed by atoms with Crippen molar-refractivity contribution in [1.82, 2.24) is 0 Å². The monoisotopic (exact) mass is 216 g/mol. The number of hydrogen-bond donors (Lipinski definition) is 1. The third-order valence-electron chi connectivity index (χ3n) is 2.93. The van der Waals surface area contributed by atoms with Crippen molar-refractivity contribution in [2.45, 2.75) is 23.8 Å². The maximum Gasteiger partial charge on any atom is 0.0794 e. The van der Waals surface area contributed by atoms with Gasteiger partial charge in [-0.3, -0.25) is 0 Å². The molecule has 0 aromatic heterocycles. The molecule has 1 fully saturated rings. The van der Waals surface area contributed by atoms with Gasteiger partial charge >= 0.3 is 0 Å². The summed E-state index contributed by atoms with van der Waals surface area (Å²) >= 11 is 4.17. The van der Waals surface area contributed by atoms with Crippen molar-refractivity contribution in [1.29, 1.82) is 0 Å². The molecule has 1 atom stereocenters. The molecule has 1 nitrogen and oxygen atoms in total. The van der Waals surface area contributed by atoms with Crippen LogP contribution in [0.1, 0.15) is 19.8 Å². The van der Waals surface area contributed by atoms with Crippen molar-refractivity contribution < 1.29 is 5.11 Å². The number of aliphatic hydroxyl groups is 1. The second-order valence-corrected chi connectivity index (χ2v) is 6.92. The quantitative estimate of drug-likeness (QED) is 0.680. The molecule has 3 heteroatoms. The van der Waals surface area contributed by atoms with Gasteiger partial charge in [-0.1, -0.05) is 11.6 Å². The van der Waals surface area contributed by atoms with Crippen LogP contribution < -0.4 is 0 Å². The van der Waals surface area contributed by atoms with Crippen LogP contribution in [0.5, 0.6) is 0 Å². The SMILES string of the molecule is CC1=CC2(CC[C@@H]1CO)SCCS2. The fourth-order valence-corrected chi connectivity index (χ4v) is 5.33. The maximum absolute atomic E-state index is 9.14. The van der Waals surface area contributed by atoms with Crippen LogP contribution in [0.25, 0.3) is 0 Å². The molecule has 0 bridgehead atoms. The van der Waals surface area contributed by atoms with Crippen LogP contribution in [0.4, 0.5) is 0 Å². The minimum absolute atomic E-state index is 0.327. The average Bonchev–Trinajstić information content (AvgIpc) is 2.54. The van der Waals surface area contributed by atoms with Gasteiger partial charge in [-0.05, 0) is 19.8 Å². The van der Waals surface area contributed by atoms with Crippen LogP contribution in [-0.4, -0.2) is 27.3 Å². The molecule has 13 heavy (non-hydrogen) atoms. The molecule has 1 N–H and O–H groups in total. The van der Waals surface area contributed by atoms with E-state index in [0.717, 1.165) is 0 Å². The Kier molecular flexibility index (Phi) is 2.96. The summed E-state index contributed by atoms with van der Waals surface area (Å²) < 4.78 is 0.385. The lowest BCUT2D eigenvalue weighted by Gasteiger charge is -2.32. The summed E-state index contributed by atoms with van der Waals surface area (Å²) in [6.07, 6.45) is 4.81. The van der Waals surface area contributed by atoms with Gasteiger partial charge in [0.05, 0.1) is 4.08 Å². The Morgan fingerprint density at radius 3 is 2.77 bits per heavy atom. The Bertz CT molecular complexity index is 219. The van der Waals surface area contributed by atoms with Crippen LogP contribution >= 0.6 is 23.5 Å². The normalized spacial score (nSPS) is 32.2. The third-order valence-corrected chi connectivity index (χ3v) is 6.33. The van der Waals surface area contributed by atoms with E-state index >= 15 is 0 Å². The first-order valence-corrected chi connectivity index (χ1v) is 6.81. The minimum atomic E-state index is 0.327. The Labute approximate surface area is 88.4 Å². The Morgan fingerprint density at radius 2 is 2.23 bits per heavy atom. The van der Waals surface area contributed by atoms with E-state index in [9.17, 15) is 0 Å². The highest BCUT2D eigenvalue weighted by Crippen LogP contribution is 2.52. The lowest BCUT2D eigenvalue weighted by atomic mass is 9.89. The zero-order chi connectivity index (χ0) is 9.31. The molecule has 1 aliphatic carbocycles. The van der Waals surface area contributed by atoms with E-state index in [4.69, 9.17) is 5.11 Å². The van der Waals surface area contributed by atoms with Crippen LogP contribution in [0.3, 0.4) is 0 Å². The predicted molar refractivity (Wildman–Crippen MR) is 61.2 cm³/mol. The zero-order valence-electron chi connectivity index (χ0n) is 7.95. The van der Waals surface area contributed by atoms with Crippen LogP contribution in [0.15, 0.2) is 11.6 Å². The maximum atomic E-state index is 9.14. The molecule has 1 heterocycles. The molecular formula is C10H16OS2. The Hall–Kier alpha value is 0.400. The van der Waals surface area contributed by atoms with Gasteiger partial charge < -0.3 is 5.11 Å². The first-order chi connectivity index (χ1) is 6.26. The van der Waals surface area contributed by atoms with Gasteiger partial charge in [0.1, 0.15) is 0 Å². The Morgan fingerprint density at radius 1 is 1.54 bits per heavy atom. The second kappa shape index (κ2) is 3.87. The van der Waals surface area contributed by atoms with Crippen LogP contribution in [0.2, 0.25) is 0 Å². The number of thioether (sulfide) groups is 2. The summed E-state index contributed by atoms with van der Waals surface area (Å²) in [4.78, 5) is 0. The lowest BCUT2D eigenvalue weighted by molar-refractivity contribution is 0.233. The highest BCUT2D eigenvalue weighted by atomic mass is 32.2. The largest absolute Gasteiger partial charge is 0.396 e. The molecule has 1 saturated heterocycles. The molecule has 1 spiro atoms. The number of rotatable bonds is 1. The van der Waals surface area contributed by atoms with Crippen LogP contribution in [-0.2, 0) is 0 Å². The van der Waals surface area contributed by atoms with Crippen LogP contribution in [0, 0.1) is 5.92 Å². The molecule has 0 unspecified atom stereocenters. The van der Waals surface area contributed by atoms with Crippen molar-refractivity contribution in [3.8, 4) is 0 Å². The summed E-state index contributed by atoms with van der Waals surface area (Å²) in [7, 11) is 0. The standard InChI is InChI=1S/C10H16OS2/c1-8-6-10(12-4-5-13-10)3-2-9(8)7-11/h6,9,11H,2-5,7H2,1H3/t9-/m1/s1. The summed E-state index contributed by atoms with van der Waals surface area (Å²) in [6, 6.07) is 0. The van der Waals surface area contributed by atoms with Gasteiger partial charge in [0.2, 0.25) is 0 Å². The smallest absolute Gasteiger partial charge is 0.0794 e. The van der Waals surface area contributed by atoms with Gasteiger partial charge in [0.25, 0.3) is 0 Å². The molecule has 0 saturated carbocycles. The lowest BCUT2D eigenvalue weighted by Crippen LogP contribution is -2.24. The van der Waals surface area contributed by atoms with E-state index in [1.807, 2.05) is 0 Å². The molecule has 1 aliphatic heterocycles. The summed E-state index contributed by atoms with van der Waals surface area (Å²) in [5, 5.41) is 9.14. The zero-order valence-corrected chi connectivity index (χ0v) is 9.59. The van der Waals surface area contributed by atoms with E-state index in [1.165, 1.54) is 29.9 Å². The van der Waals surface area contributed by atoms with E-state index < -0.39 is 0 Å². The summed E-state index contributed by atoms with van der Waals surface area (Å²) in [5.74, 6) is 3.02. The van der Waals surface area contributed by atoms with Crippen molar-refractivity contribution in [3.63, 3.8) is 0 Å². The second-order valence-electron chi connectivity index (χ2n) is 3.82. The fraction of sp³-hybridized carbons (Fsp3) is 0.800. The summed E-state index contributed by atoms with van der Waals surface area (Å²) in [5.41, 5.74) is 1.40. The number of hydrogen-bond acceptors (Lipinski definition) is 3.